The summed E-state index contributed by atoms with van der Waals surface area (Å²) in [6.45, 7) is 6.45. The molecule has 0 radical (unpaired) electrons. The highest BCUT2D eigenvalue weighted by atomic mass is 32.2. The number of hydrogen-bond acceptors (Lipinski definition) is 4. The lowest BCUT2D eigenvalue weighted by Crippen LogP contribution is -2.28. The smallest absolute Gasteiger partial charge is 0.240 e. The van der Waals surface area contributed by atoms with Gasteiger partial charge in [0, 0.05) is 12.2 Å². The van der Waals surface area contributed by atoms with Crippen molar-refractivity contribution in [2.45, 2.75) is 32.2 Å². The quantitative estimate of drug-likeness (QED) is 0.717. The van der Waals surface area contributed by atoms with Crippen LogP contribution in [0.2, 0.25) is 0 Å². The van der Waals surface area contributed by atoms with E-state index in [4.69, 9.17) is 0 Å². The highest BCUT2D eigenvalue weighted by molar-refractivity contribution is 7.89. The topological polar surface area (TPSA) is 64.0 Å². The van der Waals surface area contributed by atoms with Crippen molar-refractivity contribution in [1.29, 1.82) is 0 Å². The number of aromatic nitrogens is 2. The van der Waals surface area contributed by atoms with Crippen molar-refractivity contribution in [3.05, 3.63) is 58.6 Å². The molecule has 5 nitrogen and oxygen atoms in total. The molecular formula is C18H21N3O2S2. The van der Waals surface area contributed by atoms with Crippen LogP contribution in [-0.2, 0) is 16.6 Å². The summed E-state index contributed by atoms with van der Waals surface area (Å²) < 4.78 is 29.6. The van der Waals surface area contributed by atoms with Crippen LogP contribution in [0.5, 0.6) is 0 Å². The Kier molecular flexibility index (Phi) is 5.08. The van der Waals surface area contributed by atoms with Gasteiger partial charge in [-0.25, -0.2) is 13.1 Å². The molecule has 0 bridgehead atoms. The Hall–Kier alpha value is -1.96. The van der Waals surface area contributed by atoms with E-state index in [-0.39, 0.29) is 0 Å². The van der Waals surface area contributed by atoms with Gasteiger partial charge in [0.1, 0.15) is 5.69 Å². The van der Waals surface area contributed by atoms with Crippen molar-refractivity contribution >= 4 is 21.4 Å². The molecule has 2 heterocycles. The van der Waals surface area contributed by atoms with Crippen molar-refractivity contribution in [2.24, 2.45) is 0 Å². The molecule has 0 aliphatic heterocycles. The SMILES string of the molecule is Cc1ccc(C)c(S(=O)(=O)NCCn2nc(-c3cccs3)cc2C)c1. The summed E-state index contributed by atoms with van der Waals surface area (Å²) in [6, 6.07) is 11.5. The number of thiophene rings is 1. The van der Waals surface area contributed by atoms with Crippen LogP contribution < -0.4 is 4.72 Å². The molecule has 25 heavy (non-hydrogen) atoms. The first-order chi connectivity index (χ1) is 11.9. The van der Waals surface area contributed by atoms with Crippen LogP contribution in [0.15, 0.2) is 46.7 Å². The maximum absolute atomic E-state index is 12.5. The minimum Gasteiger partial charge on any atom is -0.268 e. The second kappa shape index (κ2) is 7.11. The Morgan fingerprint density at radius 2 is 1.96 bits per heavy atom. The van der Waals surface area contributed by atoms with Crippen molar-refractivity contribution in [1.82, 2.24) is 14.5 Å². The molecule has 0 aliphatic carbocycles. The van der Waals surface area contributed by atoms with Crippen LogP contribution in [0.4, 0.5) is 0 Å². The Morgan fingerprint density at radius 3 is 2.68 bits per heavy atom. The van der Waals surface area contributed by atoms with Crippen molar-refractivity contribution in [2.75, 3.05) is 6.54 Å². The van der Waals surface area contributed by atoms with Crippen molar-refractivity contribution < 1.29 is 8.42 Å². The first kappa shape index (κ1) is 17.8. The van der Waals surface area contributed by atoms with Gasteiger partial charge in [-0.1, -0.05) is 18.2 Å². The minimum absolute atomic E-state index is 0.294. The predicted molar refractivity (Wildman–Crippen MR) is 101 cm³/mol. The average molecular weight is 376 g/mol. The molecular weight excluding hydrogens is 354 g/mol. The van der Waals surface area contributed by atoms with Gasteiger partial charge >= 0.3 is 0 Å². The van der Waals surface area contributed by atoms with Crippen molar-refractivity contribution in [3.63, 3.8) is 0 Å². The zero-order valence-electron chi connectivity index (χ0n) is 14.5. The molecule has 0 saturated carbocycles. The van der Waals surface area contributed by atoms with Gasteiger partial charge in [0.05, 0.1) is 16.3 Å². The van der Waals surface area contributed by atoms with Gasteiger partial charge in [-0.15, -0.1) is 11.3 Å². The molecule has 3 rings (SSSR count). The molecule has 1 aromatic carbocycles. The first-order valence-electron chi connectivity index (χ1n) is 8.02. The van der Waals surface area contributed by atoms with Crippen LogP contribution in [0, 0.1) is 20.8 Å². The summed E-state index contributed by atoms with van der Waals surface area (Å²) in [6.07, 6.45) is 0. The monoisotopic (exact) mass is 375 g/mol. The lowest BCUT2D eigenvalue weighted by molar-refractivity contribution is 0.556. The van der Waals surface area contributed by atoms with E-state index in [1.807, 2.05) is 54.2 Å². The molecule has 0 saturated heterocycles. The van der Waals surface area contributed by atoms with Gasteiger partial charge in [-0.2, -0.15) is 5.10 Å². The van der Waals surface area contributed by atoms with Crippen LogP contribution in [0.25, 0.3) is 10.6 Å². The van der Waals surface area contributed by atoms with Gasteiger partial charge in [-0.3, -0.25) is 4.68 Å². The van der Waals surface area contributed by atoms with Crippen LogP contribution in [0.1, 0.15) is 16.8 Å². The van der Waals surface area contributed by atoms with E-state index in [1.54, 1.807) is 24.3 Å². The molecule has 0 atom stereocenters. The Bertz CT molecular complexity index is 974. The van der Waals surface area contributed by atoms with E-state index >= 15 is 0 Å². The zero-order chi connectivity index (χ0) is 18.0. The third-order valence-corrected chi connectivity index (χ3v) is 6.50. The summed E-state index contributed by atoms with van der Waals surface area (Å²) in [5.74, 6) is 0. The number of rotatable bonds is 6. The fraction of sp³-hybridized carbons (Fsp3) is 0.278. The van der Waals surface area contributed by atoms with Gasteiger partial charge in [0.25, 0.3) is 0 Å². The Balaban J connectivity index is 1.69. The van der Waals surface area contributed by atoms with Gasteiger partial charge in [0.2, 0.25) is 10.0 Å². The average Bonchev–Trinajstić information content (AvgIpc) is 3.20. The summed E-state index contributed by atoms with van der Waals surface area (Å²) >= 11 is 1.64. The normalized spacial score (nSPS) is 11.8. The summed E-state index contributed by atoms with van der Waals surface area (Å²) in [5, 5.41) is 6.58. The maximum Gasteiger partial charge on any atom is 0.240 e. The van der Waals surface area contributed by atoms with Crippen LogP contribution in [-0.4, -0.2) is 24.7 Å². The predicted octanol–water partition coefficient (Wildman–Crippen LogP) is 3.52. The van der Waals surface area contributed by atoms with E-state index in [0.29, 0.717) is 18.0 Å². The van der Waals surface area contributed by atoms with Gasteiger partial charge in [0.15, 0.2) is 0 Å². The van der Waals surface area contributed by atoms with Crippen LogP contribution >= 0.6 is 11.3 Å². The lowest BCUT2D eigenvalue weighted by Gasteiger charge is -2.11. The van der Waals surface area contributed by atoms with E-state index in [0.717, 1.165) is 27.4 Å². The first-order valence-corrected chi connectivity index (χ1v) is 10.4. The molecule has 7 heteroatoms. The number of aryl methyl sites for hydroxylation is 3. The molecule has 0 spiro atoms. The molecule has 1 N–H and O–H groups in total. The van der Waals surface area contributed by atoms with E-state index in [2.05, 4.69) is 9.82 Å². The van der Waals surface area contributed by atoms with Gasteiger partial charge < -0.3 is 0 Å². The number of nitrogens with zero attached hydrogens (tertiary/aromatic N) is 2. The summed E-state index contributed by atoms with van der Waals surface area (Å²) in [4.78, 5) is 1.45. The van der Waals surface area contributed by atoms with Crippen LogP contribution in [0.3, 0.4) is 0 Å². The highest BCUT2D eigenvalue weighted by Crippen LogP contribution is 2.23. The Labute approximate surface area is 152 Å². The third-order valence-electron chi connectivity index (χ3n) is 4.00. The largest absolute Gasteiger partial charge is 0.268 e. The highest BCUT2D eigenvalue weighted by Gasteiger charge is 2.16. The fourth-order valence-electron chi connectivity index (χ4n) is 2.64. The van der Waals surface area contributed by atoms with E-state index in [9.17, 15) is 8.42 Å². The maximum atomic E-state index is 12.5. The lowest BCUT2D eigenvalue weighted by atomic mass is 10.2. The molecule has 0 aliphatic rings. The zero-order valence-corrected chi connectivity index (χ0v) is 16.1. The molecule has 2 aromatic heterocycles. The standard InChI is InChI=1S/C18H21N3O2S2/c1-13-6-7-14(2)18(11-13)25(22,23)19-8-9-21-15(3)12-16(20-21)17-5-4-10-24-17/h4-7,10-12,19H,8-9H2,1-3H3. The molecule has 0 fully saturated rings. The van der Waals surface area contributed by atoms with E-state index < -0.39 is 10.0 Å². The second-order valence-electron chi connectivity index (χ2n) is 6.04. The van der Waals surface area contributed by atoms with Crippen molar-refractivity contribution in [3.8, 4) is 10.6 Å². The number of nitrogens with one attached hydrogen (secondary N) is 1. The molecule has 0 amide bonds. The molecule has 0 unspecified atom stereocenters. The molecule has 132 valence electrons. The van der Waals surface area contributed by atoms with E-state index in [1.165, 1.54) is 0 Å². The molecule has 3 aromatic rings. The summed E-state index contributed by atoms with van der Waals surface area (Å²) in [7, 11) is -3.52. The van der Waals surface area contributed by atoms with Gasteiger partial charge in [-0.05, 0) is 55.5 Å². The Morgan fingerprint density at radius 1 is 1.16 bits per heavy atom. The summed E-state index contributed by atoms with van der Waals surface area (Å²) in [5.41, 5.74) is 3.60. The number of sulfonamides is 1. The minimum atomic E-state index is -3.52. The number of benzene rings is 1. The fourth-order valence-corrected chi connectivity index (χ4v) is 4.67. The number of hydrogen-bond donors (Lipinski definition) is 1. The second-order valence-corrected chi connectivity index (χ2v) is 8.72. The third kappa shape index (κ3) is 4.00.